The maximum atomic E-state index is 13.4. The molecule has 0 saturated heterocycles. The molecule has 3 heterocycles. The van der Waals surface area contributed by atoms with Crippen LogP contribution in [-0.4, -0.2) is 59.1 Å². The van der Waals surface area contributed by atoms with Gasteiger partial charge in [-0.25, -0.2) is 0 Å². The van der Waals surface area contributed by atoms with Crippen molar-refractivity contribution in [3.8, 4) is 0 Å². The molecular weight excluding hydrogens is 450 g/mol. The first-order valence-electron chi connectivity index (χ1n) is 11.1. The van der Waals surface area contributed by atoms with E-state index in [0.717, 1.165) is 41.4 Å². The number of amides is 2. The number of pyridine rings is 1. The lowest BCUT2D eigenvalue weighted by molar-refractivity contribution is -0.119. The molecule has 1 aromatic heterocycles. The third-order valence-electron chi connectivity index (χ3n) is 6.11. The van der Waals surface area contributed by atoms with Crippen LogP contribution in [0.2, 0.25) is 5.02 Å². The normalized spacial score (nSPS) is 15.8. The van der Waals surface area contributed by atoms with Crippen LogP contribution < -0.4 is 4.90 Å². The van der Waals surface area contributed by atoms with E-state index in [1.165, 1.54) is 0 Å². The summed E-state index contributed by atoms with van der Waals surface area (Å²) in [6.07, 6.45) is 1.81. The molecule has 34 heavy (non-hydrogen) atoms. The lowest BCUT2D eigenvalue weighted by Crippen LogP contribution is -2.39. The number of hydrogen-bond acceptors (Lipinski definition) is 5. The summed E-state index contributed by atoms with van der Waals surface area (Å²) in [5, 5.41) is 0.560. The molecule has 8 heteroatoms. The number of aliphatic imine (C=N–C) groups is 1. The Morgan fingerprint density at radius 1 is 1.03 bits per heavy atom. The highest BCUT2D eigenvalue weighted by atomic mass is 35.5. The van der Waals surface area contributed by atoms with Crippen LogP contribution in [0.5, 0.6) is 0 Å². The first kappa shape index (κ1) is 22.1. The highest BCUT2D eigenvalue weighted by Gasteiger charge is 2.29. The smallest absolute Gasteiger partial charge is 0.254 e. The third-order valence-corrected chi connectivity index (χ3v) is 6.36. The van der Waals surface area contributed by atoms with Gasteiger partial charge in [0.15, 0.2) is 0 Å². The number of carbonyl (C=O) groups is 2. The zero-order chi connectivity index (χ0) is 23.7. The molecule has 3 aromatic rings. The van der Waals surface area contributed by atoms with Crippen molar-refractivity contribution in [2.24, 2.45) is 4.99 Å². The number of hydrogen-bond donors (Lipinski definition) is 0. The van der Waals surface area contributed by atoms with E-state index in [-0.39, 0.29) is 18.4 Å². The van der Waals surface area contributed by atoms with Crippen molar-refractivity contribution in [2.45, 2.75) is 13.1 Å². The maximum Gasteiger partial charge on any atom is 0.254 e. The van der Waals surface area contributed by atoms with Gasteiger partial charge in [-0.15, -0.1) is 0 Å². The molecule has 0 N–H and O–H groups in total. The van der Waals surface area contributed by atoms with Gasteiger partial charge in [-0.1, -0.05) is 29.8 Å². The summed E-state index contributed by atoms with van der Waals surface area (Å²) < 4.78 is 0. The number of nitrogens with zero attached hydrogens (tertiary/aromatic N) is 5. The SMILES string of the molecule is CN1CCN=C1c1ccc(CN2C(=O)CN(C(=O)c3ccc(Cl)cc3)Cc3ccccc32)nc1. The second-order valence-corrected chi connectivity index (χ2v) is 8.88. The molecule has 0 radical (unpaired) electrons. The van der Waals surface area contributed by atoms with Crippen molar-refractivity contribution >= 4 is 34.9 Å². The van der Waals surface area contributed by atoms with Crippen LogP contribution in [0, 0.1) is 0 Å². The number of benzene rings is 2. The number of likely N-dealkylation sites (N-methyl/N-ethyl adjacent to an activating group) is 1. The van der Waals surface area contributed by atoms with Gasteiger partial charge in [0.1, 0.15) is 12.4 Å². The summed E-state index contributed by atoms with van der Waals surface area (Å²) in [6.45, 7) is 2.34. The second-order valence-electron chi connectivity index (χ2n) is 8.44. The lowest BCUT2D eigenvalue weighted by atomic mass is 10.1. The Morgan fingerprint density at radius 3 is 2.53 bits per heavy atom. The molecule has 0 bridgehead atoms. The Morgan fingerprint density at radius 2 is 1.82 bits per heavy atom. The molecule has 0 fully saturated rings. The van der Waals surface area contributed by atoms with Gasteiger partial charge in [-0.2, -0.15) is 0 Å². The Hall–Kier alpha value is -3.71. The predicted octanol–water partition coefficient (Wildman–Crippen LogP) is 3.62. The van der Waals surface area contributed by atoms with Gasteiger partial charge in [0.2, 0.25) is 5.91 Å². The van der Waals surface area contributed by atoms with E-state index in [4.69, 9.17) is 11.6 Å². The zero-order valence-electron chi connectivity index (χ0n) is 18.8. The fourth-order valence-electron chi connectivity index (χ4n) is 4.30. The largest absolute Gasteiger partial charge is 0.358 e. The van der Waals surface area contributed by atoms with Gasteiger partial charge >= 0.3 is 0 Å². The summed E-state index contributed by atoms with van der Waals surface area (Å²) in [5.41, 5.74) is 3.94. The molecular formula is C26H24ClN5O2. The molecule has 2 aliphatic rings. The lowest BCUT2D eigenvalue weighted by Gasteiger charge is -2.23. The van der Waals surface area contributed by atoms with E-state index < -0.39 is 0 Å². The molecule has 5 rings (SSSR count). The second kappa shape index (κ2) is 9.27. The molecule has 0 saturated carbocycles. The minimum absolute atomic E-state index is 0.0180. The van der Waals surface area contributed by atoms with Crippen molar-refractivity contribution < 1.29 is 9.59 Å². The zero-order valence-corrected chi connectivity index (χ0v) is 19.6. The number of rotatable bonds is 4. The summed E-state index contributed by atoms with van der Waals surface area (Å²) in [5.74, 6) is 0.579. The van der Waals surface area contributed by atoms with E-state index in [0.29, 0.717) is 23.7 Å². The highest BCUT2D eigenvalue weighted by molar-refractivity contribution is 6.30. The quantitative estimate of drug-likeness (QED) is 0.580. The van der Waals surface area contributed by atoms with Gasteiger partial charge in [0, 0.05) is 48.2 Å². The fourth-order valence-corrected chi connectivity index (χ4v) is 4.43. The molecule has 0 aliphatic carbocycles. The Bertz CT molecular complexity index is 1260. The fraction of sp³-hybridized carbons (Fsp3) is 0.231. The van der Waals surface area contributed by atoms with Crippen molar-refractivity contribution in [1.29, 1.82) is 0 Å². The Labute approximate surface area is 203 Å². The van der Waals surface area contributed by atoms with Gasteiger partial charge in [0.05, 0.1) is 18.8 Å². The van der Waals surface area contributed by atoms with Gasteiger partial charge in [-0.3, -0.25) is 19.6 Å². The first-order chi connectivity index (χ1) is 16.5. The standard InChI is InChI=1S/C26H24ClN5O2/c1-30-13-12-28-25(30)19-8-11-22(29-14-19)16-32-23-5-3-2-4-20(23)15-31(17-24(32)33)26(34)18-6-9-21(27)10-7-18/h2-11,14H,12-13,15-17H2,1H3. The molecule has 2 amide bonds. The summed E-state index contributed by atoms with van der Waals surface area (Å²) in [6, 6.07) is 18.3. The van der Waals surface area contributed by atoms with E-state index in [2.05, 4.69) is 14.9 Å². The van der Waals surface area contributed by atoms with Crippen LogP contribution in [0.1, 0.15) is 27.2 Å². The molecule has 2 aliphatic heterocycles. The maximum absolute atomic E-state index is 13.4. The molecule has 0 atom stereocenters. The van der Waals surface area contributed by atoms with Crippen LogP contribution in [0.4, 0.5) is 5.69 Å². The Kier molecular flexibility index (Phi) is 6.02. The highest BCUT2D eigenvalue weighted by Crippen LogP contribution is 2.28. The van der Waals surface area contributed by atoms with E-state index in [9.17, 15) is 9.59 Å². The number of anilines is 1. The average Bonchev–Trinajstić information content (AvgIpc) is 3.22. The van der Waals surface area contributed by atoms with E-state index >= 15 is 0 Å². The summed E-state index contributed by atoms with van der Waals surface area (Å²) in [7, 11) is 2.02. The van der Waals surface area contributed by atoms with Crippen molar-refractivity contribution in [1.82, 2.24) is 14.8 Å². The monoisotopic (exact) mass is 473 g/mol. The first-order valence-corrected chi connectivity index (χ1v) is 11.5. The number of amidine groups is 1. The predicted molar refractivity (Wildman–Crippen MR) is 132 cm³/mol. The van der Waals surface area contributed by atoms with Gasteiger partial charge in [0.25, 0.3) is 5.91 Å². The molecule has 7 nitrogen and oxygen atoms in total. The van der Waals surface area contributed by atoms with Gasteiger partial charge < -0.3 is 14.7 Å². The van der Waals surface area contributed by atoms with Crippen LogP contribution >= 0.6 is 11.6 Å². The number of aromatic nitrogens is 1. The average molecular weight is 474 g/mol. The van der Waals surface area contributed by atoms with Crippen molar-refractivity contribution in [2.75, 3.05) is 31.6 Å². The summed E-state index contributed by atoms with van der Waals surface area (Å²) in [4.78, 5) is 41.1. The van der Waals surface area contributed by atoms with Crippen molar-refractivity contribution in [3.63, 3.8) is 0 Å². The van der Waals surface area contributed by atoms with Crippen LogP contribution in [0.15, 0.2) is 71.9 Å². The summed E-state index contributed by atoms with van der Waals surface area (Å²) >= 11 is 5.97. The topological polar surface area (TPSA) is 69.1 Å². The Balaban J connectivity index is 1.40. The van der Waals surface area contributed by atoms with Gasteiger partial charge in [-0.05, 0) is 48.0 Å². The number of carbonyl (C=O) groups excluding carboxylic acids is 2. The van der Waals surface area contributed by atoms with E-state index in [1.54, 1.807) is 40.3 Å². The van der Waals surface area contributed by atoms with Crippen molar-refractivity contribution in [3.05, 3.63) is 94.3 Å². The minimum Gasteiger partial charge on any atom is -0.358 e. The van der Waals surface area contributed by atoms with E-state index in [1.807, 2.05) is 43.4 Å². The van der Waals surface area contributed by atoms with Crippen LogP contribution in [0.3, 0.4) is 0 Å². The van der Waals surface area contributed by atoms with Crippen LogP contribution in [0.25, 0.3) is 0 Å². The number of fused-ring (bicyclic) bond motifs is 1. The third kappa shape index (κ3) is 4.39. The molecule has 2 aromatic carbocycles. The minimum atomic E-state index is -0.203. The van der Waals surface area contributed by atoms with Crippen LogP contribution in [-0.2, 0) is 17.9 Å². The molecule has 0 unspecified atom stereocenters. The number of para-hydroxylation sites is 1. The molecule has 0 spiro atoms. The molecule has 172 valence electrons. The number of halogens is 1.